The van der Waals surface area contributed by atoms with Gasteiger partial charge in [-0.15, -0.1) is 11.3 Å². The number of thiazole rings is 1. The second-order valence-electron chi connectivity index (χ2n) is 4.71. The first-order chi connectivity index (χ1) is 10.2. The van der Waals surface area contributed by atoms with Crippen LogP contribution >= 0.6 is 11.3 Å². The van der Waals surface area contributed by atoms with Crippen LogP contribution in [0.5, 0.6) is 5.75 Å². The highest BCUT2D eigenvalue weighted by Gasteiger charge is 2.05. The van der Waals surface area contributed by atoms with Crippen LogP contribution in [0.1, 0.15) is 23.1 Å². The number of aryl methyl sites for hydroxylation is 1. The van der Waals surface area contributed by atoms with Crippen LogP contribution in [0.3, 0.4) is 0 Å². The molecule has 0 aliphatic rings. The first-order valence-electron chi connectivity index (χ1n) is 7.06. The molecule has 0 radical (unpaired) electrons. The predicted octanol–water partition coefficient (Wildman–Crippen LogP) is 2.75. The minimum atomic E-state index is 0.0429. The molecule has 1 heterocycles. The molecule has 0 bridgehead atoms. The van der Waals surface area contributed by atoms with E-state index in [1.54, 1.807) is 11.3 Å². The van der Waals surface area contributed by atoms with Gasteiger partial charge in [0.2, 0.25) is 5.91 Å². The molecule has 0 saturated heterocycles. The number of rotatable bonds is 7. The van der Waals surface area contributed by atoms with E-state index in [4.69, 9.17) is 4.74 Å². The molecular formula is C16H20N2O2S. The molecule has 0 fully saturated rings. The molecule has 4 nitrogen and oxygen atoms in total. The van der Waals surface area contributed by atoms with Gasteiger partial charge in [0, 0.05) is 17.8 Å². The fourth-order valence-corrected chi connectivity index (χ4v) is 2.78. The third kappa shape index (κ3) is 4.86. The van der Waals surface area contributed by atoms with Crippen LogP contribution in [0.4, 0.5) is 0 Å². The molecule has 1 aromatic heterocycles. The van der Waals surface area contributed by atoms with Crippen LogP contribution < -0.4 is 10.1 Å². The molecule has 1 amide bonds. The maximum Gasteiger partial charge on any atom is 0.224 e. The van der Waals surface area contributed by atoms with E-state index < -0.39 is 0 Å². The van der Waals surface area contributed by atoms with Gasteiger partial charge in [-0.1, -0.05) is 12.1 Å². The summed E-state index contributed by atoms with van der Waals surface area (Å²) in [5, 5.41) is 2.95. The van der Waals surface area contributed by atoms with Gasteiger partial charge < -0.3 is 10.1 Å². The van der Waals surface area contributed by atoms with Gasteiger partial charge in [-0.25, -0.2) is 4.98 Å². The van der Waals surface area contributed by atoms with Gasteiger partial charge >= 0.3 is 0 Å². The van der Waals surface area contributed by atoms with Crippen molar-refractivity contribution in [3.05, 3.63) is 45.9 Å². The number of carbonyl (C=O) groups is 1. The normalized spacial score (nSPS) is 10.4. The monoisotopic (exact) mass is 304 g/mol. The van der Waals surface area contributed by atoms with Gasteiger partial charge in [-0.2, -0.15) is 0 Å². The Labute approximate surface area is 129 Å². The molecule has 0 unspecified atom stereocenters. The quantitative estimate of drug-likeness (QED) is 0.855. The highest BCUT2D eigenvalue weighted by molar-refractivity contribution is 7.09. The second kappa shape index (κ2) is 7.78. The van der Waals surface area contributed by atoms with Gasteiger partial charge in [0.05, 0.1) is 24.2 Å². The van der Waals surface area contributed by atoms with Gasteiger partial charge in [-0.3, -0.25) is 4.79 Å². The van der Waals surface area contributed by atoms with Crippen LogP contribution in [-0.4, -0.2) is 24.0 Å². The van der Waals surface area contributed by atoms with E-state index in [2.05, 4.69) is 10.3 Å². The summed E-state index contributed by atoms with van der Waals surface area (Å²) < 4.78 is 5.38. The lowest BCUT2D eigenvalue weighted by molar-refractivity contribution is -0.120. The van der Waals surface area contributed by atoms with Crippen LogP contribution in [0.25, 0.3) is 0 Å². The second-order valence-corrected chi connectivity index (χ2v) is 5.65. The Balaban J connectivity index is 1.75. The van der Waals surface area contributed by atoms with E-state index in [1.165, 1.54) is 4.88 Å². The molecule has 0 aliphatic heterocycles. The SMILES string of the molecule is CCOc1ccc(CC(=O)NCCc2scnc2C)cc1. The Morgan fingerprint density at radius 2 is 2.10 bits per heavy atom. The Bertz CT molecular complexity index is 578. The van der Waals surface area contributed by atoms with E-state index in [1.807, 2.05) is 43.6 Å². The molecule has 5 heteroatoms. The summed E-state index contributed by atoms with van der Waals surface area (Å²) in [5.41, 5.74) is 3.89. The summed E-state index contributed by atoms with van der Waals surface area (Å²) >= 11 is 1.64. The topological polar surface area (TPSA) is 51.2 Å². The van der Waals surface area contributed by atoms with Crippen molar-refractivity contribution < 1.29 is 9.53 Å². The smallest absolute Gasteiger partial charge is 0.224 e. The number of amides is 1. The zero-order chi connectivity index (χ0) is 15.1. The van der Waals surface area contributed by atoms with Crippen molar-refractivity contribution in [3.8, 4) is 5.75 Å². The highest BCUT2D eigenvalue weighted by atomic mass is 32.1. The van der Waals surface area contributed by atoms with E-state index in [0.29, 0.717) is 19.6 Å². The largest absolute Gasteiger partial charge is 0.494 e. The van der Waals surface area contributed by atoms with Crippen molar-refractivity contribution in [2.45, 2.75) is 26.7 Å². The molecule has 1 aromatic carbocycles. The Morgan fingerprint density at radius 3 is 2.71 bits per heavy atom. The molecule has 0 saturated carbocycles. The van der Waals surface area contributed by atoms with Crippen molar-refractivity contribution in [2.24, 2.45) is 0 Å². The summed E-state index contributed by atoms with van der Waals surface area (Å²) in [6.07, 6.45) is 1.24. The summed E-state index contributed by atoms with van der Waals surface area (Å²) in [5.74, 6) is 0.878. The van der Waals surface area contributed by atoms with E-state index in [9.17, 15) is 4.79 Å². The van der Waals surface area contributed by atoms with Gasteiger partial charge in [-0.05, 0) is 31.5 Å². The number of hydrogen-bond acceptors (Lipinski definition) is 4. The maximum atomic E-state index is 11.9. The molecule has 0 aliphatic carbocycles. The van der Waals surface area contributed by atoms with Crippen molar-refractivity contribution in [3.63, 3.8) is 0 Å². The molecule has 112 valence electrons. The van der Waals surface area contributed by atoms with Crippen molar-refractivity contribution in [2.75, 3.05) is 13.2 Å². The first-order valence-corrected chi connectivity index (χ1v) is 7.94. The maximum absolute atomic E-state index is 11.9. The number of hydrogen-bond donors (Lipinski definition) is 1. The van der Waals surface area contributed by atoms with Gasteiger partial charge in [0.1, 0.15) is 5.75 Å². The predicted molar refractivity (Wildman–Crippen MR) is 84.9 cm³/mol. The number of carbonyl (C=O) groups excluding carboxylic acids is 1. The van der Waals surface area contributed by atoms with Gasteiger partial charge in [0.25, 0.3) is 0 Å². The molecule has 21 heavy (non-hydrogen) atoms. The molecule has 2 aromatic rings. The van der Waals surface area contributed by atoms with Crippen molar-refractivity contribution in [1.29, 1.82) is 0 Å². The third-order valence-corrected chi connectivity index (χ3v) is 4.11. The molecule has 1 N–H and O–H groups in total. The standard InChI is InChI=1S/C16H20N2O2S/c1-3-20-14-6-4-13(5-7-14)10-16(19)17-9-8-15-12(2)18-11-21-15/h4-7,11H,3,8-10H2,1-2H3,(H,17,19). The van der Waals surface area contributed by atoms with Crippen molar-refractivity contribution in [1.82, 2.24) is 10.3 Å². The molecule has 2 rings (SSSR count). The summed E-state index contributed by atoms with van der Waals surface area (Å²) in [6.45, 7) is 5.25. The Morgan fingerprint density at radius 1 is 1.33 bits per heavy atom. The van der Waals surface area contributed by atoms with Gasteiger partial charge in [0.15, 0.2) is 0 Å². The summed E-state index contributed by atoms with van der Waals surface area (Å²) in [7, 11) is 0. The fraction of sp³-hybridized carbons (Fsp3) is 0.375. The number of benzene rings is 1. The highest BCUT2D eigenvalue weighted by Crippen LogP contribution is 2.13. The Hall–Kier alpha value is -1.88. The number of nitrogens with zero attached hydrogens (tertiary/aromatic N) is 1. The van der Waals surface area contributed by atoms with Crippen LogP contribution in [-0.2, 0) is 17.6 Å². The number of ether oxygens (including phenoxy) is 1. The lowest BCUT2D eigenvalue weighted by atomic mass is 10.1. The Kier molecular flexibility index (Phi) is 5.75. The lowest BCUT2D eigenvalue weighted by Gasteiger charge is -2.06. The van der Waals surface area contributed by atoms with E-state index >= 15 is 0 Å². The number of nitrogens with one attached hydrogen (secondary N) is 1. The molecule has 0 spiro atoms. The first kappa shape index (κ1) is 15.5. The van der Waals surface area contributed by atoms with Crippen LogP contribution in [0, 0.1) is 6.92 Å². The summed E-state index contributed by atoms with van der Waals surface area (Å²) in [4.78, 5) is 17.3. The minimum absolute atomic E-state index is 0.0429. The molecule has 0 atom stereocenters. The number of aromatic nitrogens is 1. The zero-order valence-corrected chi connectivity index (χ0v) is 13.2. The van der Waals surface area contributed by atoms with Crippen LogP contribution in [0.15, 0.2) is 29.8 Å². The van der Waals surface area contributed by atoms with E-state index in [-0.39, 0.29) is 5.91 Å². The average molecular weight is 304 g/mol. The average Bonchev–Trinajstić information content (AvgIpc) is 2.87. The fourth-order valence-electron chi connectivity index (χ4n) is 2.00. The van der Waals surface area contributed by atoms with Crippen molar-refractivity contribution >= 4 is 17.2 Å². The third-order valence-electron chi connectivity index (χ3n) is 3.12. The van der Waals surface area contributed by atoms with Crippen LogP contribution in [0.2, 0.25) is 0 Å². The van der Waals surface area contributed by atoms with E-state index in [0.717, 1.165) is 23.4 Å². The zero-order valence-electron chi connectivity index (χ0n) is 12.4. The summed E-state index contributed by atoms with van der Waals surface area (Å²) in [6, 6.07) is 7.65. The molecular weight excluding hydrogens is 284 g/mol. The minimum Gasteiger partial charge on any atom is -0.494 e. The lowest BCUT2D eigenvalue weighted by Crippen LogP contribution is -2.27.